The molecule has 0 bridgehead atoms. The molecule has 0 fully saturated rings. The summed E-state index contributed by atoms with van der Waals surface area (Å²) in [7, 11) is 1.88. The first-order chi connectivity index (χ1) is 9.21. The van der Waals surface area contributed by atoms with Crippen molar-refractivity contribution in [2.75, 3.05) is 13.6 Å². The molecule has 4 heteroatoms. The molecule has 1 amide bonds. The highest BCUT2D eigenvalue weighted by Gasteiger charge is 2.07. The number of nitrogens with one attached hydrogen (secondary N) is 2. The van der Waals surface area contributed by atoms with Crippen molar-refractivity contribution in [1.29, 1.82) is 0 Å². The maximum Gasteiger partial charge on any atom is 0.256 e. The minimum absolute atomic E-state index is 0.136. The van der Waals surface area contributed by atoms with E-state index in [1.165, 1.54) is 0 Å². The number of nitrogens with zero attached hydrogens (tertiary/aromatic N) is 1. The number of carbonyl (C=O) groups excluding carboxylic acids is 1. The monoisotopic (exact) mass is 259 g/mol. The van der Waals surface area contributed by atoms with Gasteiger partial charge in [0.25, 0.3) is 5.91 Å². The van der Waals surface area contributed by atoms with E-state index >= 15 is 0 Å². The first-order valence-electron chi connectivity index (χ1n) is 6.43. The van der Waals surface area contributed by atoms with Crippen LogP contribution in [0.15, 0.2) is 41.4 Å². The first-order valence-corrected chi connectivity index (χ1v) is 6.43. The first kappa shape index (κ1) is 15.1. The molecule has 1 aromatic carbocycles. The van der Waals surface area contributed by atoms with Crippen LogP contribution < -0.4 is 10.6 Å². The van der Waals surface area contributed by atoms with E-state index in [4.69, 9.17) is 0 Å². The van der Waals surface area contributed by atoms with Crippen LogP contribution in [-0.2, 0) is 6.54 Å². The van der Waals surface area contributed by atoms with E-state index in [-0.39, 0.29) is 5.91 Å². The van der Waals surface area contributed by atoms with Crippen molar-refractivity contribution in [3.05, 3.63) is 47.5 Å². The summed E-state index contributed by atoms with van der Waals surface area (Å²) in [5, 5.41) is 5.87. The third-order valence-electron chi connectivity index (χ3n) is 2.46. The molecule has 0 spiro atoms. The molecule has 0 aliphatic heterocycles. The fourth-order valence-corrected chi connectivity index (χ4v) is 1.68. The average molecular weight is 259 g/mol. The van der Waals surface area contributed by atoms with E-state index in [0.717, 1.165) is 12.1 Å². The van der Waals surface area contributed by atoms with Crippen molar-refractivity contribution in [3.8, 4) is 0 Å². The van der Waals surface area contributed by atoms with Crippen LogP contribution in [0.4, 0.5) is 0 Å². The zero-order valence-electron chi connectivity index (χ0n) is 11.7. The summed E-state index contributed by atoms with van der Waals surface area (Å²) in [4.78, 5) is 16.3. The van der Waals surface area contributed by atoms with Gasteiger partial charge in [0.1, 0.15) is 5.84 Å². The van der Waals surface area contributed by atoms with Crippen molar-refractivity contribution in [1.82, 2.24) is 10.6 Å². The lowest BCUT2D eigenvalue weighted by atomic mass is 10.1. The van der Waals surface area contributed by atoms with Crippen LogP contribution >= 0.6 is 0 Å². The highest BCUT2D eigenvalue weighted by molar-refractivity contribution is 6.10. The number of hydrogen-bond acceptors (Lipinski definition) is 3. The van der Waals surface area contributed by atoms with Gasteiger partial charge < -0.3 is 10.6 Å². The lowest BCUT2D eigenvalue weighted by molar-refractivity contribution is 0.0977. The van der Waals surface area contributed by atoms with Gasteiger partial charge in [0.05, 0.1) is 0 Å². The minimum atomic E-state index is -0.136. The molecule has 0 aromatic heterocycles. The number of hydrogen-bond donors (Lipinski definition) is 2. The van der Waals surface area contributed by atoms with Crippen molar-refractivity contribution < 1.29 is 4.79 Å². The van der Waals surface area contributed by atoms with Crippen LogP contribution in [0.3, 0.4) is 0 Å². The Kier molecular flexibility index (Phi) is 6.53. The Balaban J connectivity index is 2.82. The predicted octanol–water partition coefficient (Wildman–Crippen LogP) is 2.13. The number of carbonyl (C=O) groups is 1. The molecule has 0 radical (unpaired) electrons. The number of rotatable bonds is 5. The number of aliphatic imine (C=N–C) groups is 1. The molecule has 0 saturated heterocycles. The van der Waals surface area contributed by atoms with E-state index in [1.54, 1.807) is 12.1 Å². The topological polar surface area (TPSA) is 53.5 Å². The fourth-order valence-electron chi connectivity index (χ4n) is 1.68. The average Bonchev–Trinajstić information content (AvgIpc) is 2.40. The van der Waals surface area contributed by atoms with Gasteiger partial charge in [0.2, 0.25) is 0 Å². The van der Waals surface area contributed by atoms with Crippen molar-refractivity contribution in [3.63, 3.8) is 0 Å². The van der Waals surface area contributed by atoms with Gasteiger partial charge in [-0.1, -0.05) is 18.2 Å². The van der Waals surface area contributed by atoms with Crippen LogP contribution in [0.5, 0.6) is 0 Å². The Morgan fingerprint density at radius 1 is 1.42 bits per heavy atom. The minimum Gasteiger partial charge on any atom is -0.316 e. The third-order valence-corrected chi connectivity index (χ3v) is 2.46. The number of benzene rings is 1. The summed E-state index contributed by atoms with van der Waals surface area (Å²) >= 11 is 0. The highest BCUT2D eigenvalue weighted by atomic mass is 16.1. The smallest absolute Gasteiger partial charge is 0.256 e. The summed E-state index contributed by atoms with van der Waals surface area (Å²) < 4.78 is 0. The summed E-state index contributed by atoms with van der Waals surface area (Å²) in [6.07, 6.45) is 3.64. The summed E-state index contributed by atoms with van der Waals surface area (Å²) in [5.74, 6) is 0.456. The molecule has 102 valence electrons. The zero-order valence-corrected chi connectivity index (χ0v) is 11.7. The van der Waals surface area contributed by atoms with Crippen LogP contribution in [-0.4, -0.2) is 25.3 Å². The maximum atomic E-state index is 12.1. The molecule has 0 atom stereocenters. The molecule has 1 aromatic rings. The van der Waals surface area contributed by atoms with Crippen molar-refractivity contribution in [2.45, 2.75) is 20.4 Å². The van der Waals surface area contributed by atoms with Crippen LogP contribution in [0.1, 0.15) is 29.8 Å². The van der Waals surface area contributed by atoms with Crippen molar-refractivity contribution >= 4 is 11.7 Å². The van der Waals surface area contributed by atoms with Gasteiger partial charge in [-0.3, -0.25) is 9.79 Å². The molecular weight excluding hydrogens is 238 g/mol. The Morgan fingerprint density at radius 3 is 2.84 bits per heavy atom. The lowest BCUT2D eigenvalue weighted by Gasteiger charge is -2.07. The Labute approximate surface area is 114 Å². The van der Waals surface area contributed by atoms with Gasteiger partial charge >= 0.3 is 0 Å². The Hall–Kier alpha value is -1.94. The number of amides is 1. The van der Waals surface area contributed by atoms with Gasteiger partial charge in [0.15, 0.2) is 0 Å². The third kappa shape index (κ3) is 5.06. The summed E-state index contributed by atoms with van der Waals surface area (Å²) in [5.41, 5.74) is 1.72. The molecule has 0 aliphatic rings. The predicted molar refractivity (Wildman–Crippen MR) is 79.5 cm³/mol. The molecule has 0 aliphatic carbocycles. The van der Waals surface area contributed by atoms with Gasteiger partial charge in [0, 0.05) is 18.7 Å². The molecule has 2 N–H and O–H groups in total. The molecule has 19 heavy (non-hydrogen) atoms. The molecule has 0 unspecified atom stereocenters. The van der Waals surface area contributed by atoms with Crippen LogP contribution in [0.2, 0.25) is 0 Å². The second-order valence-electron chi connectivity index (χ2n) is 4.04. The summed E-state index contributed by atoms with van der Waals surface area (Å²) in [6.45, 7) is 5.21. The molecule has 1 rings (SSSR count). The van der Waals surface area contributed by atoms with Gasteiger partial charge in [-0.05, 0) is 44.7 Å². The Morgan fingerprint density at radius 2 is 2.21 bits per heavy atom. The standard InChI is InChI=1S/C15H21N3O/c1-4-7-14(17-5-2)18-15(19)13-9-6-8-12(10-13)11-16-3/h4,6-10,16H,5,11H2,1-3H3,(H,17,18,19)/b7-4-. The maximum absolute atomic E-state index is 12.1. The van der Waals surface area contributed by atoms with E-state index < -0.39 is 0 Å². The largest absolute Gasteiger partial charge is 0.316 e. The lowest BCUT2D eigenvalue weighted by Crippen LogP contribution is -2.29. The Bertz CT molecular complexity index is 478. The van der Waals surface area contributed by atoms with Gasteiger partial charge in [-0.15, -0.1) is 0 Å². The second kappa shape index (κ2) is 8.21. The highest BCUT2D eigenvalue weighted by Crippen LogP contribution is 2.05. The van der Waals surface area contributed by atoms with E-state index in [9.17, 15) is 4.79 Å². The van der Waals surface area contributed by atoms with E-state index in [1.807, 2.05) is 45.2 Å². The zero-order chi connectivity index (χ0) is 14.1. The number of allylic oxidation sites excluding steroid dienone is 1. The van der Waals surface area contributed by atoms with E-state index in [0.29, 0.717) is 17.9 Å². The molecular formula is C15H21N3O. The molecule has 0 saturated carbocycles. The normalized spacial score (nSPS) is 11.8. The molecule has 0 heterocycles. The van der Waals surface area contributed by atoms with Gasteiger partial charge in [-0.2, -0.15) is 0 Å². The van der Waals surface area contributed by atoms with Gasteiger partial charge in [-0.25, -0.2) is 0 Å². The van der Waals surface area contributed by atoms with Crippen molar-refractivity contribution in [2.24, 2.45) is 4.99 Å². The number of amidine groups is 1. The fraction of sp³-hybridized carbons (Fsp3) is 0.333. The van der Waals surface area contributed by atoms with E-state index in [2.05, 4.69) is 15.6 Å². The quantitative estimate of drug-likeness (QED) is 0.628. The van der Waals surface area contributed by atoms with Crippen LogP contribution in [0, 0.1) is 0 Å². The SMILES string of the molecule is C/C=C\C(=NCC)NC(=O)c1cccc(CNC)c1. The van der Waals surface area contributed by atoms with Crippen LogP contribution in [0.25, 0.3) is 0 Å². The summed E-state index contributed by atoms with van der Waals surface area (Å²) in [6, 6.07) is 7.55. The second-order valence-corrected chi connectivity index (χ2v) is 4.04. The molecule has 4 nitrogen and oxygen atoms in total.